The third-order valence-corrected chi connectivity index (χ3v) is 7.57. The lowest BCUT2D eigenvalue weighted by molar-refractivity contribution is 0.00200. The van der Waals surface area contributed by atoms with Crippen molar-refractivity contribution in [3.05, 3.63) is 50.6 Å². The van der Waals surface area contributed by atoms with Crippen molar-refractivity contribution >= 4 is 33.3 Å². The number of hydrogen-bond donors (Lipinski definition) is 0. The van der Waals surface area contributed by atoms with E-state index in [2.05, 4.69) is 39.8 Å². The molecule has 4 nitrogen and oxygen atoms in total. The predicted molar refractivity (Wildman–Crippen MR) is 123 cm³/mol. The zero-order valence-corrected chi connectivity index (χ0v) is 19.2. The van der Waals surface area contributed by atoms with Crippen LogP contribution >= 0.6 is 23.1 Å². The first-order valence-corrected chi connectivity index (χ1v) is 12.2. The number of unbranched alkanes of at least 4 members (excludes halogenated alkanes) is 1. The lowest BCUT2D eigenvalue weighted by atomic mass is 9.96. The zero-order valence-electron chi connectivity index (χ0n) is 17.5. The third-order valence-electron chi connectivity index (χ3n) is 5.44. The molecule has 0 saturated carbocycles. The molecule has 1 aliphatic rings. The highest BCUT2D eigenvalue weighted by atomic mass is 32.2. The van der Waals surface area contributed by atoms with E-state index in [0.717, 1.165) is 62.1 Å². The van der Waals surface area contributed by atoms with Gasteiger partial charge in [0.15, 0.2) is 5.16 Å². The molecule has 3 aromatic rings. The molecule has 29 heavy (non-hydrogen) atoms. The van der Waals surface area contributed by atoms with Crippen LogP contribution in [0.25, 0.3) is 15.9 Å². The Hall–Kier alpha value is -1.63. The number of nitrogens with zero attached hydrogens (tertiary/aromatic N) is 2. The largest absolute Gasteiger partial charge is 0.372 e. The minimum atomic E-state index is 0.0569. The van der Waals surface area contributed by atoms with Crippen molar-refractivity contribution in [3.63, 3.8) is 0 Å². The van der Waals surface area contributed by atoms with Crippen molar-refractivity contribution in [2.75, 3.05) is 5.75 Å². The number of aryl methyl sites for hydroxylation is 1. The molecule has 0 radical (unpaired) electrons. The van der Waals surface area contributed by atoms with Crippen LogP contribution in [0.15, 0.2) is 34.2 Å². The van der Waals surface area contributed by atoms with Gasteiger partial charge in [-0.15, -0.1) is 11.3 Å². The minimum absolute atomic E-state index is 0.0569. The van der Waals surface area contributed by atoms with E-state index in [1.54, 1.807) is 23.1 Å². The Morgan fingerprint density at radius 1 is 1.38 bits per heavy atom. The standard InChI is InChI=1S/C23H28N2O2S2/c1-5-6-10-28-23-24-21-20(17-12-18(14(2)3)27-13-19(17)29-21)22(26)25(23)16-9-7-8-15(4)11-16/h7-9,11,14,18H,5-6,10,12-13H2,1-4H3. The first-order chi connectivity index (χ1) is 14.0. The van der Waals surface area contributed by atoms with E-state index in [-0.39, 0.29) is 11.7 Å². The van der Waals surface area contributed by atoms with Gasteiger partial charge in [0.1, 0.15) is 4.83 Å². The van der Waals surface area contributed by atoms with Crippen LogP contribution in [0.1, 0.15) is 49.6 Å². The summed E-state index contributed by atoms with van der Waals surface area (Å²) in [4.78, 5) is 20.8. The summed E-state index contributed by atoms with van der Waals surface area (Å²) in [6, 6.07) is 8.14. The third kappa shape index (κ3) is 4.03. The molecule has 0 fully saturated rings. The first-order valence-electron chi connectivity index (χ1n) is 10.4. The maximum Gasteiger partial charge on any atom is 0.267 e. The fourth-order valence-electron chi connectivity index (χ4n) is 3.74. The van der Waals surface area contributed by atoms with E-state index >= 15 is 0 Å². The van der Waals surface area contributed by atoms with Gasteiger partial charge in [-0.05, 0) is 42.5 Å². The van der Waals surface area contributed by atoms with Crippen LogP contribution in [-0.4, -0.2) is 21.4 Å². The molecule has 1 aromatic carbocycles. The predicted octanol–water partition coefficient (Wildman–Crippen LogP) is 5.75. The molecular weight excluding hydrogens is 400 g/mol. The summed E-state index contributed by atoms with van der Waals surface area (Å²) >= 11 is 3.31. The van der Waals surface area contributed by atoms with Crippen LogP contribution in [0.2, 0.25) is 0 Å². The number of hydrogen-bond acceptors (Lipinski definition) is 5. The number of thiophene rings is 1. The maximum absolute atomic E-state index is 13.8. The molecule has 1 aliphatic heterocycles. The number of fused-ring (bicyclic) bond motifs is 3. The van der Waals surface area contributed by atoms with Crippen LogP contribution in [-0.2, 0) is 17.8 Å². The Kier molecular flexibility index (Phi) is 6.13. The summed E-state index contributed by atoms with van der Waals surface area (Å²) in [6.45, 7) is 9.18. The van der Waals surface area contributed by atoms with E-state index in [0.29, 0.717) is 12.5 Å². The van der Waals surface area contributed by atoms with Crippen molar-refractivity contribution in [1.29, 1.82) is 0 Å². The number of rotatable bonds is 6. The summed E-state index contributed by atoms with van der Waals surface area (Å²) in [6.07, 6.45) is 3.19. The van der Waals surface area contributed by atoms with Crippen molar-refractivity contribution in [1.82, 2.24) is 9.55 Å². The van der Waals surface area contributed by atoms with Crippen LogP contribution in [0.3, 0.4) is 0 Å². The Bertz CT molecular complexity index is 1080. The molecule has 1 unspecified atom stereocenters. The summed E-state index contributed by atoms with van der Waals surface area (Å²) < 4.78 is 7.87. The summed E-state index contributed by atoms with van der Waals surface area (Å²) in [5.41, 5.74) is 3.25. The Balaban J connectivity index is 1.91. The minimum Gasteiger partial charge on any atom is -0.372 e. The molecule has 0 aliphatic carbocycles. The van der Waals surface area contributed by atoms with Gasteiger partial charge in [0.2, 0.25) is 0 Å². The van der Waals surface area contributed by atoms with Crippen LogP contribution in [0.4, 0.5) is 0 Å². The van der Waals surface area contributed by atoms with E-state index in [9.17, 15) is 4.79 Å². The van der Waals surface area contributed by atoms with Gasteiger partial charge in [0, 0.05) is 17.1 Å². The molecule has 4 rings (SSSR count). The smallest absolute Gasteiger partial charge is 0.267 e. The van der Waals surface area contributed by atoms with Crippen molar-refractivity contribution in [2.24, 2.45) is 5.92 Å². The van der Waals surface area contributed by atoms with Crippen molar-refractivity contribution in [2.45, 2.75) is 64.8 Å². The SMILES string of the molecule is CCCCSc1nc2sc3c(c2c(=O)n1-c1cccc(C)c1)CC(C(C)C)OC3. The van der Waals surface area contributed by atoms with E-state index in [1.807, 2.05) is 16.7 Å². The normalized spacial score (nSPS) is 16.5. The average Bonchev–Trinajstić information content (AvgIpc) is 3.06. The molecule has 154 valence electrons. The quantitative estimate of drug-likeness (QED) is 0.285. The molecule has 0 spiro atoms. The molecule has 6 heteroatoms. The van der Waals surface area contributed by atoms with Gasteiger partial charge >= 0.3 is 0 Å². The molecule has 0 saturated heterocycles. The average molecular weight is 429 g/mol. The number of aromatic nitrogens is 2. The Labute approximate surface area is 180 Å². The maximum atomic E-state index is 13.8. The molecule has 2 aromatic heterocycles. The number of ether oxygens (including phenoxy) is 1. The van der Waals surface area contributed by atoms with E-state index < -0.39 is 0 Å². The van der Waals surface area contributed by atoms with Crippen LogP contribution in [0, 0.1) is 12.8 Å². The number of benzene rings is 1. The molecule has 1 atom stereocenters. The van der Waals surface area contributed by atoms with Crippen molar-refractivity contribution in [3.8, 4) is 5.69 Å². The van der Waals surface area contributed by atoms with Crippen LogP contribution in [0.5, 0.6) is 0 Å². The van der Waals surface area contributed by atoms with Crippen molar-refractivity contribution < 1.29 is 4.74 Å². The Morgan fingerprint density at radius 3 is 2.93 bits per heavy atom. The zero-order chi connectivity index (χ0) is 20.5. The Morgan fingerprint density at radius 2 is 2.21 bits per heavy atom. The number of thioether (sulfide) groups is 1. The molecule has 3 heterocycles. The second-order valence-corrected chi connectivity index (χ2v) is 10.2. The lowest BCUT2D eigenvalue weighted by Gasteiger charge is -2.26. The second kappa shape index (κ2) is 8.62. The highest BCUT2D eigenvalue weighted by Gasteiger charge is 2.28. The van der Waals surface area contributed by atoms with Gasteiger partial charge in [-0.1, -0.05) is 51.1 Å². The van der Waals surface area contributed by atoms with Gasteiger partial charge in [-0.25, -0.2) is 4.98 Å². The molecule has 0 amide bonds. The molecule has 0 bridgehead atoms. The fourth-order valence-corrected chi connectivity index (χ4v) is 6.00. The van der Waals surface area contributed by atoms with Gasteiger partial charge in [-0.3, -0.25) is 9.36 Å². The first kappa shape index (κ1) is 20.6. The molecular formula is C23H28N2O2S2. The monoisotopic (exact) mass is 428 g/mol. The van der Waals surface area contributed by atoms with Gasteiger partial charge in [0.25, 0.3) is 5.56 Å². The van der Waals surface area contributed by atoms with Crippen LogP contribution < -0.4 is 5.56 Å². The fraction of sp³-hybridized carbons (Fsp3) is 0.478. The highest BCUT2D eigenvalue weighted by molar-refractivity contribution is 7.99. The topological polar surface area (TPSA) is 44.1 Å². The summed E-state index contributed by atoms with van der Waals surface area (Å²) in [5, 5.41) is 1.58. The summed E-state index contributed by atoms with van der Waals surface area (Å²) in [7, 11) is 0. The summed E-state index contributed by atoms with van der Waals surface area (Å²) in [5.74, 6) is 1.39. The highest BCUT2D eigenvalue weighted by Crippen LogP contribution is 2.36. The van der Waals surface area contributed by atoms with Gasteiger partial charge in [-0.2, -0.15) is 0 Å². The van der Waals surface area contributed by atoms with Gasteiger partial charge < -0.3 is 4.74 Å². The van der Waals surface area contributed by atoms with E-state index in [1.165, 1.54) is 0 Å². The molecule has 0 N–H and O–H groups in total. The van der Waals surface area contributed by atoms with E-state index in [4.69, 9.17) is 9.72 Å². The lowest BCUT2D eigenvalue weighted by Crippen LogP contribution is -2.28. The van der Waals surface area contributed by atoms with Gasteiger partial charge in [0.05, 0.1) is 23.8 Å². The second-order valence-electron chi connectivity index (χ2n) is 8.06.